The SMILES string of the molecule is C=CCCC(=O)N(C)[C@@H](C)[C@@H](OC(=O)[C@@H]1[C@H]2C(=O)N([C@@H](CO)Cc3ccccc3)[C@H](C(=O)N(CC=C)C(C)(C)C)[C@]23CC[C@H]1O3)c1ccccc1. The van der Waals surface area contributed by atoms with Crippen molar-refractivity contribution in [3.05, 3.63) is 97.1 Å². The number of hydrogen-bond donors (Lipinski definition) is 1. The summed E-state index contributed by atoms with van der Waals surface area (Å²) >= 11 is 0. The van der Waals surface area contributed by atoms with Gasteiger partial charge in [0, 0.05) is 25.6 Å². The van der Waals surface area contributed by atoms with Gasteiger partial charge in [0.2, 0.25) is 17.7 Å². The number of hydrogen-bond acceptors (Lipinski definition) is 7. The van der Waals surface area contributed by atoms with E-state index < -0.39 is 65.2 Å². The third kappa shape index (κ3) is 7.26. The second kappa shape index (κ2) is 15.5. The lowest BCUT2D eigenvalue weighted by Gasteiger charge is -2.43. The molecule has 0 saturated carbocycles. The Labute approximate surface area is 302 Å². The normalized spacial score (nSPS) is 25.5. The molecule has 8 atom stereocenters. The van der Waals surface area contributed by atoms with Gasteiger partial charge in [0.1, 0.15) is 17.7 Å². The molecule has 1 N–H and O–H groups in total. The monoisotopic (exact) mass is 699 g/mol. The van der Waals surface area contributed by atoms with Crippen LogP contribution in [-0.2, 0) is 35.1 Å². The Kier molecular flexibility index (Phi) is 11.6. The highest BCUT2D eigenvalue weighted by atomic mass is 16.6. The van der Waals surface area contributed by atoms with Gasteiger partial charge < -0.3 is 29.3 Å². The molecule has 0 aromatic heterocycles. The smallest absolute Gasteiger partial charge is 0.313 e. The predicted molar refractivity (Wildman–Crippen MR) is 194 cm³/mol. The van der Waals surface area contributed by atoms with E-state index in [0.717, 1.165) is 5.56 Å². The van der Waals surface area contributed by atoms with Gasteiger partial charge >= 0.3 is 5.97 Å². The molecule has 2 aromatic carbocycles. The van der Waals surface area contributed by atoms with Crippen molar-refractivity contribution >= 4 is 23.7 Å². The molecule has 3 aliphatic heterocycles. The van der Waals surface area contributed by atoms with Crippen molar-refractivity contribution < 1.29 is 33.8 Å². The third-order valence-electron chi connectivity index (χ3n) is 10.9. The molecule has 1 spiro atoms. The largest absolute Gasteiger partial charge is 0.455 e. The first-order valence-corrected chi connectivity index (χ1v) is 18.0. The first-order valence-electron chi connectivity index (χ1n) is 18.0. The standard InChI is InChI=1S/C41H53N3O7/c1-8-10-21-32(46)42(7)27(3)35(29-19-15-12-16-20-29)50-39(49)33-31-22-23-41(51-31)34(33)37(47)44(30(26-45)25-28-17-13-11-14-18-28)36(41)38(48)43(24-9-2)40(4,5)6/h8-9,11-20,27,30-31,33-36,45H,1-2,10,21-26H2,3-7H3/t27-,30+,31+,33-,34-,35+,36+,41-/m0/s1. The first-order chi connectivity index (χ1) is 24.3. The molecular formula is C41H53N3O7. The maximum atomic E-state index is 14.9. The van der Waals surface area contributed by atoms with Crippen LogP contribution in [0.25, 0.3) is 0 Å². The molecular weight excluding hydrogens is 646 g/mol. The molecule has 3 saturated heterocycles. The summed E-state index contributed by atoms with van der Waals surface area (Å²) in [4.78, 5) is 62.1. The van der Waals surface area contributed by atoms with Crippen LogP contribution < -0.4 is 0 Å². The van der Waals surface area contributed by atoms with Crippen molar-refractivity contribution in [3.63, 3.8) is 0 Å². The maximum absolute atomic E-state index is 14.9. The molecule has 3 heterocycles. The van der Waals surface area contributed by atoms with Gasteiger partial charge in [-0.1, -0.05) is 72.8 Å². The molecule has 3 amide bonds. The number of aliphatic hydroxyl groups excluding tert-OH is 1. The average molecular weight is 700 g/mol. The second-order valence-corrected chi connectivity index (χ2v) is 15.1. The summed E-state index contributed by atoms with van der Waals surface area (Å²) in [6.07, 6.45) is 3.86. The Bertz CT molecular complexity index is 1590. The Balaban J connectivity index is 1.53. The van der Waals surface area contributed by atoms with Crippen LogP contribution in [0.15, 0.2) is 86.0 Å². The Morgan fingerprint density at radius 1 is 1.08 bits per heavy atom. The number of rotatable bonds is 15. The Morgan fingerprint density at radius 3 is 2.31 bits per heavy atom. The number of ether oxygens (including phenoxy) is 2. The van der Waals surface area contributed by atoms with Crippen LogP contribution in [0.5, 0.6) is 0 Å². The zero-order valence-corrected chi connectivity index (χ0v) is 30.6. The number of nitrogens with zero attached hydrogens (tertiary/aromatic N) is 3. The van der Waals surface area contributed by atoms with Crippen LogP contribution >= 0.6 is 0 Å². The zero-order valence-electron chi connectivity index (χ0n) is 30.6. The molecule has 10 heteroatoms. The van der Waals surface area contributed by atoms with E-state index in [4.69, 9.17) is 9.47 Å². The van der Waals surface area contributed by atoms with Crippen LogP contribution in [0.4, 0.5) is 0 Å². The van der Waals surface area contributed by atoms with E-state index >= 15 is 0 Å². The van der Waals surface area contributed by atoms with Crippen LogP contribution in [0.1, 0.15) is 70.6 Å². The van der Waals surface area contributed by atoms with E-state index in [1.54, 1.807) is 29.0 Å². The quantitative estimate of drug-likeness (QED) is 0.208. The van der Waals surface area contributed by atoms with E-state index in [-0.39, 0.29) is 31.4 Å². The van der Waals surface area contributed by atoms with Gasteiger partial charge in [-0.25, -0.2) is 0 Å². The lowest BCUT2D eigenvalue weighted by molar-refractivity contribution is -0.165. The molecule has 3 aliphatic rings. The van der Waals surface area contributed by atoms with E-state index in [0.29, 0.717) is 31.2 Å². The van der Waals surface area contributed by atoms with Gasteiger partial charge in [-0.15, -0.1) is 13.2 Å². The lowest BCUT2D eigenvalue weighted by Crippen LogP contribution is -2.61. The highest BCUT2D eigenvalue weighted by Gasteiger charge is 2.76. The molecule has 0 aliphatic carbocycles. The average Bonchev–Trinajstić information content (AvgIpc) is 3.77. The third-order valence-corrected chi connectivity index (χ3v) is 10.9. The van der Waals surface area contributed by atoms with Gasteiger partial charge in [-0.3, -0.25) is 19.2 Å². The van der Waals surface area contributed by atoms with Crippen LogP contribution in [0, 0.1) is 11.8 Å². The minimum Gasteiger partial charge on any atom is -0.455 e. The summed E-state index contributed by atoms with van der Waals surface area (Å²) in [7, 11) is 1.69. The van der Waals surface area contributed by atoms with Crippen LogP contribution in [-0.4, -0.2) is 99.1 Å². The number of fused-ring (bicyclic) bond motifs is 1. The zero-order chi connectivity index (χ0) is 37.1. The number of aliphatic hydroxyl groups is 1. The number of carbonyl (C=O) groups is 4. The number of carbonyl (C=O) groups excluding carboxylic acids is 4. The van der Waals surface area contributed by atoms with E-state index in [1.165, 1.54) is 4.90 Å². The fourth-order valence-electron chi connectivity index (χ4n) is 8.26. The molecule has 274 valence electrons. The van der Waals surface area contributed by atoms with Gasteiger partial charge in [-0.2, -0.15) is 0 Å². The minimum absolute atomic E-state index is 0.110. The number of esters is 1. The lowest BCUT2D eigenvalue weighted by atomic mass is 9.70. The molecule has 51 heavy (non-hydrogen) atoms. The van der Waals surface area contributed by atoms with Crippen molar-refractivity contribution in [3.8, 4) is 0 Å². The predicted octanol–water partition coefficient (Wildman–Crippen LogP) is 4.88. The van der Waals surface area contributed by atoms with Crippen molar-refractivity contribution in [1.82, 2.24) is 14.7 Å². The van der Waals surface area contributed by atoms with E-state index in [9.17, 15) is 24.3 Å². The minimum atomic E-state index is -1.29. The van der Waals surface area contributed by atoms with Gasteiger partial charge in [0.05, 0.1) is 36.6 Å². The summed E-state index contributed by atoms with van der Waals surface area (Å²) in [5, 5.41) is 10.8. The molecule has 0 unspecified atom stereocenters. The van der Waals surface area contributed by atoms with Crippen LogP contribution in [0.3, 0.4) is 0 Å². The number of amides is 3. The number of benzene rings is 2. The summed E-state index contributed by atoms with van der Waals surface area (Å²) in [5.74, 6) is -3.41. The Hall–Kier alpha value is -4.28. The maximum Gasteiger partial charge on any atom is 0.313 e. The van der Waals surface area contributed by atoms with Gasteiger partial charge in [0.15, 0.2) is 0 Å². The summed E-state index contributed by atoms with van der Waals surface area (Å²) in [5.41, 5.74) is -0.299. The highest BCUT2D eigenvalue weighted by molar-refractivity contribution is 5.98. The number of likely N-dealkylation sites (tertiary alicyclic amines) is 1. The van der Waals surface area contributed by atoms with Crippen LogP contribution in [0.2, 0.25) is 0 Å². The molecule has 2 bridgehead atoms. The molecule has 2 aromatic rings. The molecule has 0 radical (unpaired) electrons. The van der Waals surface area contributed by atoms with E-state index in [1.807, 2.05) is 88.4 Å². The Morgan fingerprint density at radius 2 is 1.73 bits per heavy atom. The highest BCUT2D eigenvalue weighted by Crippen LogP contribution is 2.59. The second-order valence-electron chi connectivity index (χ2n) is 15.1. The topological polar surface area (TPSA) is 117 Å². The number of likely N-dealkylation sites (N-methyl/N-ethyl adjacent to an activating group) is 1. The van der Waals surface area contributed by atoms with Crippen molar-refractivity contribution in [2.45, 2.75) is 101 Å². The number of allylic oxidation sites excluding steroid dienone is 1. The van der Waals surface area contributed by atoms with Crippen molar-refractivity contribution in [1.29, 1.82) is 0 Å². The molecule has 3 fully saturated rings. The van der Waals surface area contributed by atoms with Gasteiger partial charge in [-0.05, 0) is 64.5 Å². The molecule has 5 rings (SSSR count). The van der Waals surface area contributed by atoms with Crippen molar-refractivity contribution in [2.75, 3.05) is 20.2 Å². The fraction of sp³-hybridized carbons (Fsp3) is 0.512. The summed E-state index contributed by atoms with van der Waals surface area (Å²) in [6.45, 7) is 15.1. The fourth-order valence-corrected chi connectivity index (χ4v) is 8.26. The first kappa shape index (κ1) is 38.0. The van der Waals surface area contributed by atoms with Gasteiger partial charge in [0.25, 0.3) is 0 Å². The molecule has 10 nitrogen and oxygen atoms in total. The van der Waals surface area contributed by atoms with Crippen molar-refractivity contribution in [2.24, 2.45) is 11.8 Å². The van der Waals surface area contributed by atoms with E-state index in [2.05, 4.69) is 13.2 Å². The summed E-state index contributed by atoms with van der Waals surface area (Å²) < 4.78 is 13.1. The summed E-state index contributed by atoms with van der Waals surface area (Å²) in [6, 6.07) is 16.4.